The summed E-state index contributed by atoms with van der Waals surface area (Å²) < 4.78 is 33.0. The molecule has 0 radical (unpaired) electrons. The Morgan fingerprint density at radius 3 is 2.71 bits per heavy atom. The minimum Gasteiger partial charge on any atom is -0.497 e. The summed E-state index contributed by atoms with van der Waals surface area (Å²) in [6.07, 6.45) is 9.88. The lowest BCUT2D eigenvalue weighted by molar-refractivity contribution is -0.122. The van der Waals surface area contributed by atoms with E-state index < -0.39 is 10.0 Å². The first kappa shape index (κ1) is 21.3. The summed E-state index contributed by atoms with van der Waals surface area (Å²) >= 11 is 0. The standard InChI is InChI=1S/C24H34N2O4S/c1-30-21-4-6-22(7-5-21)31(28,29)26-10-2-3-20(26)13-23(27)25-16-19-12-18-11-17-8-9-24(19,14-17)15-18/h4-7,17-20H,2-3,8-16H2,1H3,(H,25,27). The number of hydrogen-bond acceptors (Lipinski definition) is 4. The van der Waals surface area contributed by atoms with E-state index in [1.54, 1.807) is 31.4 Å². The molecule has 170 valence electrons. The van der Waals surface area contributed by atoms with Gasteiger partial charge in [0.25, 0.3) is 0 Å². The summed E-state index contributed by atoms with van der Waals surface area (Å²) in [6, 6.07) is 6.22. The number of carbonyl (C=O) groups excluding carboxylic acids is 1. The SMILES string of the molecule is COc1ccc(S(=O)(=O)N2CCCC2CC(=O)NCC2CC3CC4CCC2(C4)C3)cc1. The molecule has 4 fully saturated rings. The third-order valence-corrected chi connectivity index (χ3v) is 10.5. The Hall–Kier alpha value is -1.60. The van der Waals surface area contributed by atoms with Gasteiger partial charge >= 0.3 is 0 Å². The van der Waals surface area contributed by atoms with Crippen molar-refractivity contribution in [2.75, 3.05) is 20.2 Å². The largest absolute Gasteiger partial charge is 0.497 e. The van der Waals surface area contributed by atoms with Crippen LogP contribution in [0.2, 0.25) is 0 Å². The molecular formula is C24H34N2O4S. The second-order valence-electron chi connectivity index (χ2n) is 10.3. The van der Waals surface area contributed by atoms with Crippen molar-refractivity contribution in [3.63, 3.8) is 0 Å². The lowest BCUT2D eigenvalue weighted by Crippen LogP contribution is -2.41. The highest BCUT2D eigenvalue weighted by atomic mass is 32.2. The topological polar surface area (TPSA) is 75.7 Å². The highest BCUT2D eigenvalue weighted by molar-refractivity contribution is 7.89. The van der Waals surface area contributed by atoms with Gasteiger partial charge in [0.15, 0.2) is 0 Å². The van der Waals surface area contributed by atoms with Gasteiger partial charge in [0.1, 0.15) is 5.75 Å². The number of carbonyl (C=O) groups is 1. The van der Waals surface area contributed by atoms with Gasteiger partial charge in [-0.1, -0.05) is 0 Å². The van der Waals surface area contributed by atoms with Crippen LogP contribution in [0.15, 0.2) is 29.2 Å². The molecule has 1 aromatic carbocycles. The van der Waals surface area contributed by atoms with Crippen LogP contribution in [0.1, 0.15) is 57.8 Å². The molecule has 6 nitrogen and oxygen atoms in total. The predicted octanol–water partition coefficient (Wildman–Crippen LogP) is 3.57. The molecule has 1 spiro atoms. The minimum absolute atomic E-state index is 0.00535. The van der Waals surface area contributed by atoms with Crippen LogP contribution in [-0.2, 0) is 14.8 Å². The molecule has 3 aliphatic carbocycles. The zero-order valence-electron chi connectivity index (χ0n) is 18.4. The smallest absolute Gasteiger partial charge is 0.243 e. The molecule has 1 aliphatic heterocycles. The molecule has 1 heterocycles. The van der Waals surface area contributed by atoms with E-state index in [0.29, 0.717) is 23.6 Å². The zero-order valence-corrected chi connectivity index (χ0v) is 19.2. The molecule has 5 rings (SSSR count). The number of hydrogen-bond donors (Lipinski definition) is 1. The Bertz CT molecular complexity index is 927. The van der Waals surface area contributed by atoms with Crippen LogP contribution in [-0.4, -0.2) is 44.9 Å². The van der Waals surface area contributed by atoms with Crippen molar-refractivity contribution >= 4 is 15.9 Å². The van der Waals surface area contributed by atoms with Crippen molar-refractivity contribution in [2.24, 2.45) is 23.2 Å². The number of amides is 1. The Morgan fingerprint density at radius 2 is 1.94 bits per heavy atom. The molecule has 5 atom stereocenters. The van der Waals surface area contributed by atoms with Gasteiger partial charge in [-0.05, 0) is 98.8 Å². The molecule has 31 heavy (non-hydrogen) atoms. The molecule has 7 heteroatoms. The van der Waals surface area contributed by atoms with Gasteiger partial charge in [-0.25, -0.2) is 8.42 Å². The summed E-state index contributed by atoms with van der Waals surface area (Å²) in [4.78, 5) is 13.1. The van der Waals surface area contributed by atoms with E-state index in [1.807, 2.05) is 0 Å². The first-order chi connectivity index (χ1) is 14.9. The quantitative estimate of drug-likeness (QED) is 0.695. The molecule has 4 aliphatic rings. The molecule has 1 amide bonds. The highest BCUT2D eigenvalue weighted by Gasteiger charge is 2.55. The predicted molar refractivity (Wildman–Crippen MR) is 118 cm³/mol. The summed E-state index contributed by atoms with van der Waals surface area (Å²) in [5.74, 6) is 3.02. The summed E-state index contributed by atoms with van der Waals surface area (Å²) in [5.41, 5.74) is 0.484. The van der Waals surface area contributed by atoms with Crippen molar-refractivity contribution in [1.82, 2.24) is 9.62 Å². The third-order valence-electron chi connectivity index (χ3n) is 8.55. The van der Waals surface area contributed by atoms with E-state index >= 15 is 0 Å². The normalized spacial score (nSPS) is 34.7. The molecule has 1 saturated heterocycles. The third kappa shape index (κ3) is 3.88. The maximum absolute atomic E-state index is 13.2. The van der Waals surface area contributed by atoms with Crippen molar-refractivity contribution in [3.05, 3.63) is 24.3 Å². The molecule has 5 unspecified atom stereocenters. The number of sulfonamides is 1. The van der Waals surface area contributed by atoms with E-state index in [0.717, 1.165) is 31.2 Å². The van der Waals surface area contributed by atoms with Gasteiger partial charge in [0, 0.05) is 25.6 Å². The highest BCUT2D eigenvalue weighted by Crippen LogP contribution is 2.64. The molecule has 0 aromatic heterocycles. The number of methoxy groups -OCH3 is 1. The van der Waals surface area contributed by atoms with Gasteiger partial charge in [-0.15, -0.1) is 0 Å². The maximum atomic E-state index is 13.2. The van der Waals surface area contributed by atoms with Crippen LogP contribution in [0.25, 0.3) is 0 Å². The Labute approximate surface area is 185 Å². The number of nitrogens with zero attached hydrogens (tertiary/aromatic N) is 1. The fraction of sp³-hybridized carbons (Fsp3) is 0.708. The number of benzene rings is 1. The molecule has 3 bridgehead atoms. The van der Waals surface area contributed by atoms with Crippen molar-refractivity contribution < 1.29 is 17.9 Å². The lowest BCUT2D eigenvalue weighted by Gasteiger charge is -2.33. The lowest BCUT2D eigenvalue weighted by atomic mass is 9.73. The van der Waals surface area contributed by atoms with E-state index in [2.05, 4.69) is 5.32 Å². The maximum Gasteiger partial charge on any atom is 0.243 e. The summed E-state index contributed by atoms with van der Waals surface area (Å²) in [6.45, 7) is 1.24. The Kier molecular flexibility index (Phi) is 5.53. The van der Waals surface area contributed by atoms with Gasteiger partial charge in [0.2, 0.25) is 15.9 Å². The van der Waals surface area contributed by atoms with Gasteiger partial charge < -0.3 is 10.1 Å². The minimum atomic E-state index is -3.61. The second-order valence-corrected chi connectivity index (χ2v) is 12.2. The van der Waals surface area contributed by atoms with Crippen LogP contribution in [0.4, 0.5) is 0 Å². The van der Waals surface area contributed by atoms with Crippen LogP contribution in [0.5, 0.6) is 5.75 Å². The van der Waals surface area contributed by atoms with E-state index in [9.17, 15) is 13.2 Å². The fourth-order valence-corrected chi connectivity index (χ4v) is 8.88. The van der Waals surface area contributed by atoms with Crippen molar-refractivity contribution in [2.45, 2.75) is 68.7 Å². The monoisotopic (exact) mass is 446 g/mol. The number of ether oxygens (including phenoxy) is 1. The summed E-state index contributed by atoms with van der Waals surface area (Å²) in [7, 11) is -2.05. The van der Waals surface area contributed by atoms with Crippen LogP contribution < -0.4 is 10.1 Å². The Balaban J connectivity index is 1.20. The molecule has 3 saturated carbocycles. The van der Waals surface area contributed by atoms with Crippen molar-refractivity contribution in [3.8, 4) is 5.75 Å². The summed E-state index contributed by atoms with van der Waals surface area (Å²) in [5, 5.41) is 3.19. The molecular weight excluding hydrogens is 412 g/mol. The van der Waals surface area contributed by atoms with Gasteiger partial charge in [-0.2, -0.15) is 4.31 Å². The van der Waals surface area contributed by atoms with E-state index in [4.69, 9.17) is 4.74 Å². The zero-order chi connectivity index (χ0) is 21.6. The molecule has 1 aromatic rings. The average Bonchev–Trinajstić information content (AvgIpc) is 3.42. The van der Waals surface area contributed by atoms with Crippen LogP contribution in [0, 0.1) is 23.2 Å². The number of nitrogens with one attached hydrogen (secondary N) is 1. The number of rotatable bonds is 7. The van der Waals surface area contributed by atoms with E-state index in [1.165, 1.54) is 42.8 Å². The second kappa shape index (κ2) is 8.07. The van der Waals surface area contributed by atoms with Crippen molar-refractivity contribution in [1.29, 1.82) is 0 Å². The number of fused-ring (bicyclic) bond motifs is 2. The Morgan fingerprint density at radius 1 is 1.16 bits per heavy atom. The van der Waals surface area contributed by atoms with Gasteiger partial charge in [0.05, 0.1) is 12.0 Å². The van der Waals surface area contributed by atoms with Crippen LogP contribution in [0.3, 0.4) is 0 Å². The first-order valence-electron chi connectivity index (χ1n) is 11.8. The first-order valence-corrected chi connectivity index (χ1v) is 13.3. The average molecular weight is 447 g/mol. The van der Waals surface area contributed by atoms with Crippen LogP contribution >= 0.6 is 0 Å². The fourth-order valence-electron chi connectivity index (χ4n) is 7.19. The van der Waals surface area contributed by atoms with E-state index in [-0.39, 0.29) is 23.3 Å². The molecule has 1 N–H and O–H groups in total. The van der Waals surface area contributed by atoms with Gasteiger partial charge in [-0.3, -0.25) is 4.79 Å².